The summed E-state index contributed by atoms with van der Waals surface area (Å²) in [6.07, 6.45) is 10.8. The molecular formula is C33H43N3O2. The lowest BCUT2D eigenvalue weighted by molar-refractivity contribution is -0.122. The van der Waals surface area contributed by atoms with Crippen molar-refractivity contribution in [2.45, 2.75) is 98.1 Å². The van der Waals surface area contributed by atoms with E-state index in [0.29, 0.717) is 12.2 Å². The number of carbonyl (C=O) groups excluding carboxylic acids is 2. The molecule has 1 aliphatic carbocycles. The van der Waals surface area contributed by atoms with Crippen molar-refractivity contribution in [2.75, 3.05) is 4.90 Å². The average molecular weight is 514 g/mol. The topological polar surface area (TPSA) is 55.2 Å². The van der Waals surface area contributed by atoms with Gasteiger partial charge in [-0.25, -0.2) is 0 Å². The molecule has 1 aromatic heterocycles. The normalized spacial score (nSPS) is 19.8. The van der Waals surface area contributed by atoms with Crippen LogP contribution >= 0.6 is 0 Å². The van der Waals surface area contributed by atoms with Gasteiger partial charge in [0.1, 0.15) is 11.2 Å². The summed E-state index contributed by atoms with van der Waals surface area (Å²) in [4.78, 5) is 27.9. The zero-order valence-electron chi connectivity index (χ0n) is 23.8. The molecule has 0 saturated heterocycles. The molecule has 2 aliphatic rings. The molecule has 0 radical (unpaired) electrons. The number of nitrogens with zero attached hydrogens (tertiary/aromatic N) is 3. The van der Waals surface area contributed by atoms with Gasteiger partial charge in [-0.15, -0.1) is 0 Å². The third-order valence-electron chi connectivity index (χ3n) is 8.32. The second-order valence-electron chi connectivity index (χ2n) is 11.2. The highest BCUT2D eigenvalue weighted by molar-refractivity contribution is 6.12. The number of anilines is 1. The summed E-state index contributed by atoms with van der Waals surface area (Å²) in [5.41, 5.74) is 4.40. The number of aromatic nitrogens is 2. The molecule has 38 heavy (non-hydrogen) atoms. The number of rotatable bonds is 5. The number of fused-ring (bicyclic) bond motifs is 1. The van der Waals surface area contributed by atoms with Crippen molar-refractivity contribution < 1.29 is 9.59 Å². The highest BCUT2D eigenvalue weighted by atomic mass is 16.2. The molecule has 0 spiro atoms. The molecule has 5 nitrogen and oxygen atoms in total. The van der Waals surface area contributed by atoms with Crippen LogP contribution in [-0.2, 0) is 24.2 Å². The second kappa shape index (κ2) is 12.1. The lowest BCUT2D eigenvalue weighted by Crippen LogP contribution is -2.61. The van der Waals surface area contributed by atoms with Gasteiger partial charge < -0.3 is 0 Å². The van der Waals surface area contributed by atoms with Crippen LogP contribution in [0, 0.1) is 5.92 Å². The Balaban J connectivity index is 0.000000360. The van der Waals surface area contributed by atoms with Gasteiger partial charge in [-0.2, -0.15) is 5.10 Å². The standard InChI is InChI=1S/C25H27N3O2.C8H16/c1-5-18-7-11-20(12-8-18)22-15-23-24(30)28(21-13-9-19(6-2)10-14-21)25(4,17(3)29)16-27(23)26-22;1-8-6-4-2-3-5-7-8/h7-15H,5-6,16H2,1-4H3;8H,2-7H2,1H3. The highest BCUT2D eigenvalue weighted by Gasteiger charge is 2.47. The van der Waals surface area contributed by atoms with Crippen LogP contribution in [0.2, 0.25) is 0 Å². The van der Waals surface area contributed by atoms with Crippen molar-refractivity contribution in [3.05, 3.63) is 71.4 Å². The van der Waals surface area contributed by atoms with Crippen molar-refractivity contribution in [1.82, 2.24) is 9.78 Å². The van der Waals surface area contributed by atoms with E-state index in [1.165, 1.54) is 49.7 Å². The smallest absolute Gasteiger partial charge is 0.277 e. The molecule has 5 heteroatoms. The molecule has 1 saturated carbocycles. The molecule has 202 valence electrons. The quantitative estimate of drug-likeness (QED) is 0.329. The third kappa shape index (κ3) is 5.92. The summed E-state index contributed by atoms with van der Waals surface area (Å²) < 4.78 is 1.68. The maximum Gasteiger partial charge on any atom is 0.277 e. The van der Waals surface area contributed by atoms with E-state index < -0.39 is 5.54 Å². The fourth-order valence-corrected chi connectivity index (χ4v) is 5.50. The molecule has 1 unspecified atom stereocenters. The van der Waals surface area contributed by atoms with Gasteiger partial charge in [-0.1, -0.05) is 95.7 Å². The number of amides is 1. The third-order valence-corrected chi connectivity index (χ3v) is 8.32. The molecule has 1 atom stereocenters. The molecule has 0 N–H and O–H groups in total. The number of hydrogen-bond acceptors (Lipinski definition) is 3. The van der Waals surface area contributed by atoms with Crippen molar-refractivity contribution in [3.63, 3.8) is 0 Å². The van der Waals surface area contributed by atoms with Gasteiger partial charge in [-0.05, 0) is 61.9 Å². The molecule has 3 aromatic rings. The van der Waals surface area contributed by atoms with Crippen LogP contribution in [0.3, 0.4) is 0 Å². The predicted molar refractivity (Wildman–Crippen MR) is 156 cm³/mol. The van der Waals surface area contributed by atoms with E-state index in [1.54, 1.807) is 16.5 Å². The van der Waals surface area contributed by atoms with Crippen LogP contribution in [0.15, 0.2) is 54.6 Å². The molecule has 1 fully saturated rings. The van der Waals surface area contributed by atoms with Crippen LogP contribution in [0.25, 0.3) is 11.3 Å². The summed E-state index contributed by atoms with van der Waals surface area (Å²) >= 11 is 0. The van der Waals surface area contributed by atoms with E-state index in [2.05, 4.69) is 38.0 Å². The first-order valence-electron chi connectivity index (χ1n) is 14.4. The Morgan fingerprint density at radius 2 is 1.47 bits per heavy atom. The lowest BCUT2D eigenvalue weighted by Gasteiger charge is -2.42. The van der Waals surface area contributed by atoms with Crippen molar-refractivity contribution in [1.29, 1.82) is 0 Å². The van der Waals surface area contributed by atoms with Crippen LogP contribution in [0.5, 0.6) is 0 Å². The number of hydrogen-bond donors (Lipinski definition) is 0. The number of ketones is 1. The molecule has 0 bridgehead atoms. The van der Waals surface area contributed by atoms with Crippen molar-refractivity contribution in [3.8, 4) is 11.3 Å². The number of aryl methyl sites for hydroxylation is 2. The minimum Gasteiger partial charge on any atom is -0.297 e. The Morgan fingerprint density at radius 1 is 0.921 bits per heavy atom. The van der Waals surface area contributed by atoms with E-state index in [1.807, 2.05) is 49.4 Å². The Bertz CT molecular complexity index is 1230. The van der Waals surface area contributed by atoms with E-state index in [9.17, 15) is 9.59 Å². The Morgan fingerprint density at radius 3 is 2.00 bits per heavy atom. The predicted octanol–water partition coefficient (Wildman–Crippen LogP) is 7.66. The number of carbonyl (C=O) groups is 2. The van der Waals surface area contributed by atoms with Gasteiger partial charge in [0.15, 0.2) is 5.78 Å². The first-order chi connectivity index (χ1) is 18.3. The Kier molecular flexibility index (Phi) is 8.86. The van der Waals surface area contributed by atoms with Crippen molar-refractivity contribution in [2.24, 2.45) is 5.92 Å². The number of benzene rings is 2. The van der Waals surface area contributed by atoms with Gasteiger partial charge in [-0.3, -0.25) is 19.2 Å². The Labute approximate surface area is 228 Å². The summed E-state index contributed by atoms with van der Waals surface area (Å²) in [6.45, 7) is 10.3. The summed E-state index contributed by atoms with van der Waals surface area (Å²) in [6, 6.07) is 17.9. The zero-order chi connectivity index (χ0) is 27.3. The Hall–Kier alpha value is -3.21. The average Bonchev–Trinajstić information content (AvgIpc) is 3.20. The van der Waals surface area contributed by atoms with Gasteiger partial charge in [0.2, 0.25) is 0 Å². The fraction of sp³-hybridized carbons (Fsp3) is 0.485. The van der Waals surface area contributed by atoms with E-state index >= 15 is 0 Å². The molecule has 2 heterocycles. The summed E-state index contributed by atoms with van der Waals surface area (Å²) in [5, 5.41) is 4.68. The molecule has 1 aliphatic heterocycles. The van der Waals surface area contributed by atoms with Crippen LogP contribution in [0.1, 0.15) is 94.8 Å². The zero-order valence-corrected chi connectivity index (χ0v) is 23.8. The maximum atomic E-state index is 13.5. The van der Waals surface area contributed by atoms with Crippen LogP contribution in [0.4, 0.5) is 5.69 Å². The first-order valence-corrected chi connectivity index (χ1v) is 14.4. The maximum absolute atomic E-state index is 13.5. The second-order valence-corrected chi connectivity index (χ2v) is 11.2. The summed E-state index contributed by atoms with van der Waals surface area (Å²) in [5.74, 6) is 0.759. The molecular weight excluding hydrogens is 470 g/mol. The van der Waals surface area contributed by atoms with Gasteiger partial charge in [0.25, 0.3) is 5.91 Å². The van der Waals surface area contributed by atoms with Gasteiger partial charge >= 0.3 is 0 Å². The highest BCUT2D eigenvalue weighted by Crippen LogP contribution is 2.34. The van der Waals surface area contributed by atoms with Gasteiger partial charge in [0.05, 0.1) is 12.2 Å². The largest absolute Gasteiger partial charge is 0.297 e. The molecule has 5 rings (SSSR count). The minimum absolute atomic E-state index is 0.0644. The molecule has 2 aromatic carbocycles. The van der Waals surface area contributed by atoms with Crippen molar-refractivity contribution >= 4 is 17.4 Å². The summed E-state index contributed by atoms with van der Waals surface area (Å²) in [7, 11) is 0. The monoisotopic (exact) mass is 513 g/mol. The van der Waals surface area contributed by atoms with Crippen LogP contribution in [-0.4, -0.2) is 27.0 Å². The lowest BCUT2D eigenvalue weighted by atomic mass is 9.91. The van der Waals surface area contributed by atoms with E-state index in [4.69, 9.17) is 0 Å². The number of Topliss-reactive ketones (excluding diaryl/α,β-unsaturated/α-hetero) is 1. The fourth-order valence-electron chi connectivity index (χ4n) is 5.50. The van der Waals surface area contributed by atoms with E-state index in [0.717, 1.165) is 35.7 Å². The molecule has 1 amide bonds. The SMILES string of the molecule is CC1CCCCCC1.CCc1ccc(-c2cc3n(n2)CC(C)(C(C)=O)N(c2ccc(CC)cc2)C3=O)cc1. The van der Waals surface area contributed by atoms with Gasteiger partial charge in [0, 0.05) is 11.3 Å². The first kappa shape index (κ1) is 27.8. The minimum atomic E-state index is -0.993. The van der Waals surface area contributed by atoms with Crippen LogP contribution < -0.4 is 4.90 Å². The van der Waals surface area contributed by atoms with E-state index in [-0.39, 0.29) is 11.7 Å².